The molecule has 0 radical (unpaired) electrons. The van der Waals surface area contributed by atoms with E-state index >= 15 is 0 Å². The number of nitrogens with one attached hydrogen (secondary N) is 2. The molecule has 1 aromatic carbocycles. The molecule has 1 aliphatic heterocycles. The smallest absolute Gasteiger partial charge is 0.0549 e. The zero-order chi connectivity index (χ0) is 13.2. The van der Waals surface area contributed by atoms with Crippen LogP contribution in [0.5, 0.6) is 0 Å². The summed E-state index contributed by atoms with van der Waals surface area (Å²) in [5.41, 5.74) is 1.17. The van der Waals surface area contributed by atoms with Gasteiger partial charge in [-0.05, 0) is 72.3 Å². The van der Waals surface area contributed by atoms with Crippen molar-refractivity contribution in [2.75, 3.05) is 11.9 Å². The molecule has 1 heterocycles. The van der Waals surface area contributed by atoms with Gasteiger partial charge in [0, 0.05) is 22.2 Å². The van der Waals surface area contributed by atoms with Crippen molar-refractivity contribution < 1.29 is 0 Å². The zero-order valence-corrected chi connectivity index (χ0v) is 13.3. The molecule has 1 aromatic rings. The van der Waals surface area contributed by atoms with Crippen molar-refractivity contribution in [2.24, 2.45) is 5.92 Å². The van der Waals surface area contributed by atoms with E-state index in [1.54, 1.807) is 0 Å². The maximum Gasteiger partial charge on any atom is 0.0549 e. The van der Waals surface area contributed by atoms with Crippen molar-refractivity contribution in [1.29, 1.82) is 0 Å². The van der Waals surface area contributed by atoms with E-state index < -0.39 is 0 Å². The van der Waals surface area contributed by atoms with Crippen molar-refractivity contribution in [2.45, 2.75) is 44.2 Å². The molecule has 0 spiro atoms. The van der Waals surface area contributed by atoms with Crippen LogP contribution in [0.15, 0.2) is 22.7 Å². The summed E-state index contributed by atoms with van der Waals surface area (Å²) in [5, 5.41) is 8.14. The van der Waals surface area contributed by atoms with Crippen molar-refractivity contribution in [3.05, 3.63) is 27.7 Å². The lowest BCUT2D eigenvalue weighted by Gasteiger charge is -2.27. The topological polar surface area (TPSA) is 24.1 Å². The molecule has 3 unspecified atom stereocenters. The molecule has 2 fully saturated rings. The van der Waals surface area contributed by atoms with E-state index in [4.69, 9.17) is 11.6 Å². The van der Waals surface area contributed by atoms with E-state index in [1.807, 2.05) is 6.07 Å². The van der Waals surface area contributed by atoms with Crippen LogP contribution in [0.25, 0.3) is 0 Å². The van der Waals surface area contributed by atoms with E-state index in [-0.39, 0.29) is 0 Å². The van der Waals surface area contributed by atoms with Crippen LogP contribution in [0.4, 0.5) is 5.69 Å². The normalized spacial score (nSPS) is 30.7. The second-order valence-corrected chi connectivity index (χ2v) is 6.94. The summed E-state index contributed by atoms with van der Waals surface area (Å²) in [6.07, 6.45) is 6.65. The first-order valence-electron chi connectivity index (χ1n) is 7.19. The van der Waals surface area contributed by atoms with Crippen LogP contribution in [0, 0.1) is 5.92 Å². The molecule has 4 heteroatoms. The minimum absolute atomic E-state index is 0.601. The number of anilines is 1. The lowest BCUT2D eigenvalue weighted by atomic mass is 9.93. The molecule has 0 bridgehead atoms. The van der Waals surface area contributed by atoms with Crippen LogP contribution in [0.2, 0.25) is 5.02 Å². The van der Waals surface area contributed by atoms with Crippen LogP contribution in [0.1, 0.15) is 32.1 Å². The van der Waals surface area contributed by atoms with Gasteiger partial charge in [-0.25, -0.2) is 0 Å². The predicted molar refractivity (Wildman–Crippen MR) is 84.9 cm³/mol. The fourth-order valence-corrected chi connectivity index (χ4v) is 4.02. The van der Waals surface area contributed by atoms with E-state index in [0.717, 1.165) is 21.5 Å². The molecule has 2 aliphatic rings. The molecule has 3 atom stereocenters. The first-order chi connectivity index (χ1) is 9.24. The van der Waals surface area contributed by atoms with Gasteiger partial charge in [0.05, 0.1) is 5.02 Å². The van der Waals surface area contributed by atoms with Crippen LogP contribution in [-0.2, 0) is 0 Å². The quantitative estimate of drug-likeness (QED) is 0.848. The lowest BCUT2D eigenvalue weighted by molar-refractivity contribution is 0.376. The third-order valence-electron chi connectivity index (χ3n) is 4.46. The Morgan fingerprint density at radius 1 is 1.21 bits per heavy atom. The molecule has 0 aromatic heterocycles. The first kappa shape index (κ1) is 13.7. The Kier molecular flexibility index (Phi) is 4.35. The molecule has 0 amide bonds. The third-order valence-corrected chi connectivity index (χ3v) is 5.67. The average Bonchev–Trinajstić information content (AvgIpc) is 3.04. The summed E-state index contributed by atoms with van der Waals surface area (Å²) in [6.45, 7) is 1.19. The average molecular weight is 344 g/mol. The fourth-order valence-electron chi connectivity index (χ4n) is 3.53. The molecule has 1 saturated heterocycles. The van der Waals surface area contributed by atoms with Gasteiger partial charge in [-0.15, -0.1) is 0 Å². The number of benzene rings is 1. The lowest BCUT2D eigenvalue weighted by Crippen LogP contribution is -2.38. The van der Waals surface area contributed by atoms with Crippen LogP contribution < -0.4 is 10.6 Å². The highest BCUT2D eigenvalue weighted by Gasteiger charge is 2.34. The molecule has 3 rings (SSSR count). The van der Waals surface area contributed by atoms with Crippen LogP contribution in [-0.4, -0.2) is 18.6 Å². The summed E-state index contributed by atoms with van der Waals surface area (Å²) in [7, 11) is 0. The third kappa shape index (κ3) is 3.09. The summed E-state index contributed by atoms with van der Waals surface area (Å²) in [5.74, 6) is 0.775. The van der Waals surface area contributed by atoms with Gasteiger partial charge < -0.3 is 10.6 Å². The van der Waals surface area contributed by atoms with E-state index in [1.165, 1.54) is 44.3 Å². The summed E-state index contributed by atoms with van der Waals surface area (Å²) >= 11 is 9.54. The maximum atomic E-state index is 6.04. The van der Waals surface area contributed by atoms with E-state index in [2.05, 4.69) is 38.7 Å². The number of hydrogen-bond acceptors (Lipinski definition) is 2. The first-order valence-corrected chi connectivity index (χ1v) is 8.36. The van der Waals surface area contributed by atoms with Gasteiger partial charge in [-0.1, -0.05) is 18.0 Å². The highest BCUT2D eigenvalue weighted by molar-refractivity contribution is 9.10. The highest BCUT2D eigenvalue weighted by atomic mass is 79.9. The molecule has 2 N–H and O–H groups in total. The van der Waals surface area contributed by atoms with Crippen molar-refractivity contribution in [3.8, 4) is 0 Å². The van der Waals surface area contributed by atoms with E-state index in [0.29, 0.717) is 6.04 Å². The fraction of sp³-hybridized carbons (Fsp3) is 0.600. The molecule has 1 aliphatic carbocycles. The Labute approximate surface area is 128 Å². The van der Waals surface area contributed by atoms with Crippen LogP contribution >= 0.6 is 27.5 Å². The second-order valence-electron chi connectivity index (χ2n) is 5.68. The molecule has 19 heavy (non-hydrogen) atoms. The Morgan fingerprint density at radius 2 is 2.11 bits per heavy atom. The molecule has 104 valence electrons. The van der Waals surface area contributed by atoms with Gasteiger partial charge >= 0.3 is 0 Å². The largest absolute Gasteiger partial charge is 0.382 e. The van der Waals surface area contributed by atoms with Crippen molar-refractivity contribution in [3.63, 3.8) is 0 Å². The van der Waals surface area contributed by atoms with E-state index in [9.17, 15) is 0 Å². The number of halogens is 2. The Balaban J connectivity index is 1.69. The maximum absolute atomic E-state index is 6.04. The van der Waals surface area contributed by atoms with Crippen molar-refractivity contribution in [1.82, 2.24) is 5.32 Å². The Hall–Kier alpha value is -0.250. The van der Waals surface area contributed by atoms with Gasteiger partial charge in [0.2, 0.25) is 0 Å². The molecule has 2 nitrogen and oxygen atoms in total. The predicted octanol–water partition coefficient (Wildman–Crippen LogP) is 4.44. The van der Waals surface area contributed by atoms with Gasteiger partial charge in [-0.3, -0.25) is 0 Å². The minimum Gasteiger partial charge on any atom is -0.382 e. The SMILES string of the molecule is Clc1ccc(NC2CCCC2C2CCCN2)cc1Br. The number of rotatable bonds is 3. The molecular formula is C15H20BrClN2. The van der Waals surface area contributed by atoms with Gasteiger partial charge in [0.15, 0.2) is 0 Å². The summed E-state index contributed by atoms with van der Waals surface area (Å²) in [4.78, 5) is 0. The Bertz CT molecular complexity index is 446. The van der Waals surface area contributed by atoms with Crippen molar-refractivity contribution >= 4 is 33.2 Å². The second kappa shape index (κ2) is 6.02. The highest BCUT2D eigenvalue weighted by Crippen LogP contribution is 2.35. The minimum atomic E-state index is 0.601. The van der Waals surface area contributed by atoms with Crippen LogP contribution in [0.3, 0.4) is 0 Å². The summed E-state index contributed by atoms with van der Waals surface area (Å²) < 4.78 is 0.965. The Morgan fingerprint density at radius 3 is 2.84 bits per heavy atom. The molecular weight excluding hydrogens is 324 g/mol. The zero-order valence-electron chi connectivity index (χ0n) is 11.0. The van der Waals surface area contributed by atoms with Gasteiger partial charge in [0.1, 0.15) is 0 Å². The monoisotopic (exact) mass is 342 g/mol. The van der Waals surface area contributed by atoms with Gasteiger partial charge in [-0.2, -0.15) is 0 Å². The summed E-state index contributed by atoms with van der Waals surface area (Å²) in [6, 6.07) is 7.43. The number of hydrogen-bond donors (Lipinski definition) is 2. The standard InChI is InChI=1S/C15H20BrClN2/c16-12-9-10(6-7-13(12)17)19-15-4-1-3-11(15)14-5-2-8-18-14/h6-7,9,11,14-15,18-19H,1-5,8H2. The molecule has 1 saturated carbocycles. The van der Waals surface area contributed by atoms with Gasteiger partial charge in [0.25, 0.3) is 0 Å².